The Hall–Kier alpha value is -1.46. The van der Waals surface area contributed by atoms with Crippen LogP contribution in [0.3, 0.4) is 0 Å². The van der Waals surface area contributed by atoms with Gasteiger partial charge in [0.05, 0.1) is 16.9 Å². The van der Waals surface area contributed by atoms with E-state index in [2.05, 4.69) is 20.9 Å². The molecule has 1 aromatic heterocycles. The van der Waals surface area contributed by atoms with Gasteiger partial charge in [0.1, 0.15) is 5.82 Å². The minimum atomic E-state index is -0.855. The van der Waals surface area contributed by atoms with Crippen LogP contribution in [0.5, 0.6) is 0 Å². The standard InChI is InChI=1S/C15H10BrClF2N2/c16-10-2-4-14-13(6-10)20-15(7-17)21(14)8-9-1-3-11(18)12(19)5-9/h1-6H,7-8H2. The largest absolute Gasteiger partial charge is 0.322 e. The number of hydrogen-bond donors (Lipinski definition) is 0. The third-order valence-corrected chi connectivity index (χ3v) is 3.97. The predicted molar refractivity (Wildman–Crippen MR) is 82.5 cm³/mol. The van der Waals surface area contributed by atoms with Crippen molar-refractivity contribution < 1.29 is 8.78 Å². The molecule has 2 aromatic carbocycles. The van der Waals surface area contributed by atoms with Crippen molar-refractivity contribution in [3.8, 4) is 0 Å². The Labute approximate surface area is 133 Å². The summed E-state index contributed by atoms with van der Waals surface area (Å²) < 4.78 is 29.2. The summed E-state index contributed by atoms with van der Waals surface area (Å²) in [6.45, 7) is 0.386. The lowest BCUT2D eigenvalue weighted by molar-refractivity contribution is 0.506. The van der Waals surface area contributed by atoms with Gasteiger partial charge in [0.2, 0.25) is 0 Å². The van der Waals surface area contributed by atoms with E-state index in [-0.39, 0.29) is 5.88 Å². The number of rotatable bonds is 3. The Kier molecular flexibility index (Phi) is 3.95. The molecule has 3 rings (SSSR count). The predicted octanol–water partition coefficient (Wildman–Crippen LogP) is 4.86. The Balaban J connectivity index is 2.08. The van der Waals surface area contributed by atoms with Crippen molar-refractivity contribution in [2.45, 2.75) is 12.4 Å². The quantitative estimate of drug-likeness (QED) is 0.601. The molecule has 0 radical (unpaired) electrons. The Bertz CT molecular complexity index is 817. The molecule has 0 aliphatic heterocycles. The molecule has 0 aliphatic rings. The highest BCUT2D eigenvalue weighted by Gasteiger charge is 2.12. The van der Waals surface area contributed by atoms with Crippen LogP contribution in [0.1, 0.15) is 11.4 Å². The van der Waals surface area contributed by atoms with Gasteiger partial charge in [0.15, 0.2) is 11.6 Å². The molecule has 0 N–H and O–H groups in total. The zero-order chi connectivity index (χ0) is 15.0. The molecule has 0 amide bonds. The highest BCUT2D eigenvalue weighted by atomic mass is 79.9. The number of benzene rings is 2. The maximum atomic E-state index is 13.3. The molecule has 0 fully saturated rings. The lowest BCUT2D eigenvalue weighted by Gasteiger charge is -2.08. The fourth-order valence-electron chi connectivity index (χ4n) is 2.25. The summed E-state index contributed by atoms with van der Waals surface area (Å²) in [5.74, 6) is -0.770. The third kappa shape index (κ3) is 2.80. The number of halogens is 4. The van der Waals surface area contributed by atoms with Gasteiger partial charge < -0.3 is 4.57 Å². The third-order valence-electron chi connectivity index (χ3n) is 3.23. The first-order chi connectivity index (χ1) is 10.1. The van der Waals surface area contributed by atoms with Crippen LogP contribution < -0.4 is 0 Å². The van der Waals surface area contributed by atoms with E-state index < -0.39 is 11.6 Å². The maximum Gasteiger partial charge on any atom is 0.159 e. The van der Waals surface area contributed by atoms with E-state index in [1.54, 1.807) is 6.07 Å². The van der Waals surface area contributed by atoms with Crippen LogP contribution in [-0.4, -0.2) is 9.55 Å². The van der Waals surface area contributed by atoms with Crippen molar-refractivity contribution in [3.63, 3.8) is 0 Å². The molecule has 0 unspecified atom stereocenters. The molecular formula is C15H10BrClF2N2. The van der Waals surface area contributed by atoms with Crippen LogP contribution in [0.25, 0.3) is 11.0 Å². The minimum Gasteiger partial charge on any atom is -0.322 e. The van der Waals surface area contributed by atoms with Gasteiger partial charge in [-0.1, -0.05) is 22.0 Å². The maximum absolute atomic E-state index is 13.3. The number of alkyl halides is 1. The Morgan fingerprint density at radius 3 is 2.62 bits per heavy atom. The van der Waals surface area contributed by atoms with Crippen LogP contribution in [0.15, 0.2) is 40.9 Å². The van der Waals surface area contributed by atoms with Gasteiger partial charge in [-0.15, -0.1) is 11.6 Å². The van der Waals surface area contributed by atoms with Crippen molar-refractivity contribution in [2.24, 2.45) is 0 Å². The summed E-state index contributed by atoms with van der Waals surface area (Å²) in [4.78, 5) is 4.46. The molecule has 0 saturated carbocycles. The molecular weight excluding hydrogens is 362 g/mol. The van der Waals surface area contributed by atoms with E-state index >= 15 is 0 Å². The number of nitrogens with zero attached hydrogens (tertiary/aromatic N) is 2. The normalized spacial score (nSPS) is 11.2. The Morgan fingerprint density at radius 2 is 1.90 bits per heavy atom. The molecule has 0 saturated heterocycles. The highest BCUT2D eigenvalue weighted by molar-refractivity contribution is 9.10. The summed E-state index contributed by atoms with van der Waals surface area (Å²) in [5.41, 5.74) is 2.36. The Morgan fingerprint density at radius 1 is 1.10 bits per heavy atom. The van der Waals surface area contributed by atoms with Gasteiger partial charge in [0.25, 0.3) is 0 Å². The van der Waals surface area contributed by atoms with Gasteiger partial charge in [0, 0.05) is 11.0 Å². The molecule has 0 aliphatic carbocycles. The molecule has 0 bridgehead atoms. The number of hydrogen-bond acceptors (Lipinski definition) is 1. The van der Waals surface area contributed by atoms with Crippen LogP contribution in [0.4, 0.5) is 8.78 Å². The van der Waals surface area contributed by atoms with Gasteiger partial charge >= 0.3 is 0 Å². The fraction of sp³-hybridized carbons (Fsp3) is 0.133. The van der Waals surface area contributed by atoms with Gasteiger partial charge in [-0.25, -0.2) is 13.8 Å². The van der Waals surface area contributed by atoms with Crippen molar-refractivity contribution in [2.75, 3.05) is 0 Å². The van der Waals surface area contributed by atoms with Crippen molar-refractivity contribution >= 4 is 38.6 Å². The SMILES string of the molecule is Fc1ccc(Cn2c(CCl)nc3cc(Br)ccc32)cc1F. The number of aromatic nitrogens is 2. The molecule has 6 heteroatoms. The first kappa shape index (κ1) is 14.5. The van der Waals surface area contributed by atoms with Gasteiger partial charge in [-0.3, -0.25) is 0 Å². The second kappa shape index (κ2) is 5.73. The van der Waals surface area contributed by atoms with Crippen molar-refractivity contribution in [3.05, 3.63) is 63.9 Å². The van der Waals surface area contributed by atoms with Crippen LogP contribution in [0.2, 0.25) is 0 Å². The molecule has 3 aromatic rings. The minimum absolute atomic E-state index is 0.246. The van der Waals surface area contributed by atoms with Gasteiger partial charge in [-0.2, -0.15) is 0 Å². The summed E-state index contributed by atoms with van der Waals surface area (Å²) in [5, 5.41) is 0. The summed E-state index contributed by atoms with van der Waals surface area (Å²) >= 11 is 9.34. The average molecular weight is 372 g/mol. The second-order valence-electron chi connectivity index (χ2n) is 4.63. The highest BCUT2D eigenvalue weighted by Crippen LogP contribution is 2.23. The first-order valence-corrected chi connectivity index (χ1v) is 7.56. The van der Waals surface area contributed by atoms with Gasteiger partial charge in [-0.05, 0) is 35.9 Å². The lowest BCUT2D eigenvalue weighted by atomic mass is 10.2. The first-order valence-electron chi connectivity index (χ1n) is 6.23. The zero-order valence-electron chi connectivity index (χ0n) is 10.8. The summed E-state index contributed by atoms with van der Waals surface area (Å²) in [6.07, 6.45) is 0. The molecule has 108 valence electrons. The summed E-state index contributed by atoms with van der Waals surface area (Å²) in [7, 11) is 0. The molecule has 21 heavy (non-hydrogen) atoms. The molecule has 0 atom stereocenters. The van der Waals surface area contributed by atoms with E-state index in [1.807, 2.05) is 22.8 Å². The van der Waals surface area contributed by atoms with E-state index in [1.165, 1.54) is 6.07 Å². The second-order valence-corrected chi connectivity index (χ2v) is 5.81. The van der Waals surface area contributed by atoms with Crippen molar-refractivity contribution in [1.82, 2.24) is 9.55 Å². The average Bonchev–Trinajstić information content (AvgIpc) is 2.80. The number of imidazole rings is 1. The molecule has 2 nitrogen and oxygen atoms in total. The fourth-order valence-corrected chi connectivity index (χ4v) is 2.80. The summed E-state index contributed by atoms with van der Waals surface area (Å²) in [6, 6.07) is 9.60. The van der Waals surface area contributed by atoms with Crippen LogP contribution in [0, 0.1) is 11.6 Å². The van der Waals surface area contributed by atoms with E-state index in [9.17, 15) is 8.78 Å². The smallest absolute Gasteiger partial charge is 0.159 e. The lowest BCUT2D eigenvalue weighted by Crippen LogP contribution is -2.04. The molecule has 1 heterocycles. The monoisotopic (exact) mass is 370 g/mol. The zero-order valence-corrected chi connectivity index (χ0v) is 13.1. The van der Waals surface area contributed by atoms with E-state index in [4.69, 9.17) is 11.6 Å². The molecule has 0 spiro atoms. The van der Waals surface area contributed by atoms with E-state index in [0.29, 0.717) is 17.9 Å². The van der Waals surface area contributed by atoms with Crippen LogP contribution in [-0.2, 0) is 12.4 Å². The number of fused-ring (bicyclic) bond motifs is 1. The topological polar surface area (TPSA) is 17.8 Å². The van der Waals surface area contributed by atoms with Crippen molar-refractivity contribution in [1.29, 1.82) is 0 Å². The van der Waals surface area contributed by atoms with E-state index in [0.717, 1.165) is 21.6 Å². The van der Waals surface area contributed by atoms with Crippen LogP contribution >= 0.6 is 27.5 Å².